The summed E-state index contributed by atoms with van der Waals surface area (Å²) < 4.78 is 0. The third kappa shape index (κ3) is 4.91. The van der Waals surface area contributed by atoms with Gasteiger partial charge in [0.05, 0.1) is 11.5 Å². The maximum Gasteiger partial charge on any atom is 0.269 e. The molecule has 0 aromatic heterocycles. The number of nitro groups is 1. The molecule has 0 saturated heterocycles. The average Bonchev–Trinajstić information content (AvgIpc) is 2.85. The molecule has 0 amide bonds. The van der Waals surface area contributed by atoms with Gasteiger partial charge < -0.3 is 10.0 Å². The molecule has 32 heavy (non-hydrogen) atoms. The first-order valence-corrected chi connectivity index (χ1v) is 10.2. The molecule has 0 aliphatic heterocycles. The Kier molecular flexibility index (Phi) is 6.39. The molecule has 0 radical (unpaired) electrons. The lowest BCUT2D eigenvalue weighted by molar-refractivity contribution is -0.384. The Bertz CT molecular complexity index is 1200. The van der Waals surface area contributed by atoms with Crippen molar-refractivity contribution in [3.05, 3.63) is 130 Å². The Labute approximate surface area is 186 Å². The van der Waals surface area contributed by atoms with Gasteiger partial charge in [0.25, 0.3) is 5.69 Å². The SMILES string of the molecule is O=[N+]([O-])c1ccc(C=Cc2ccc(N(c3ccccc3)c3ccc(CO)cc3)cc2)cc1. The summed E-state index contributed by atoms with van der Waals surface area (Å²) in [4.78, 5) is 12.5. The first kappa shape index (κ1) is 21.0. The minimum Gasteiger partial charge on any atom is -0.392 e. The van der Waals surface area contributed by atoms with Crippen molar-refractivity contribution in [2.45, 2.75) is 6.61 Å². The van der Waals surface area contributed by atoms with Gasteiger partial charge in [-0.05, 0) is 65.2 Å². The Hall–Kier alpha value is -4.22. The first-order chi connectivity index (χ1) is 15.6. The van der Waals surface area contributed by atoms with Crippen LogP contribution in [0.25, 0.3) is 12.2 Å². The number of nitrogens with zero attached hydrogens (tertiary/aromatic N) is 2. The Balaban J connectivity index is 1.59. The van der Waals surface area contributed by atoms with E-state index in [9.17, 15) is 15.2 Å². The summed E-state index contributed by atoms with van der Waals surface area (Å²) >= 11 is 0. The topological polar surface area (TPSA) is 66.6 Å². The van der Waals surface area contributed by atoms with Crippen molar-refractivity contribution in [1.29, 1.82) is 0 Å². The molecule has 4 aromatic rings. The highest BCUT2D eigenvalue weighted by molar-refractivity contribution is 5.78. The van der Waals surface area contributed by atoms with E-state index < -0.39 is 4.92 Å². The molecule has 5 nitrogen and oxygen atoms in total. The first-order valence-electron chi connectivity index (χ1n) is 10.2. The highest BCUT2D eigenvalue weighted by atomic mass is 16.6. The van der Waals surface area contributed by atoms with Gasteiger partial charge in [0.1, 0.15) is 0 Å². The van der Waals surface area contributed by atoms with Crippen LogP contribution in [0.1, 0.15) is 16.7 Å². The second-order valence-electron chi connectivity index (χ2n) is 7.27. The summed E-state index contributed by atoms with van der Waals surface area (Å²) in [5.41, 5.74) is 5.93. The highest BCUT2D eigenvalue weighted by Gasteiger charge is 2.12. The Morgan fingerprint density at radius 3 is 1.66 bits per heavy atom. The van der Waals surface area contributed by atoms with E-state index in [2.05, 4.69) is 29.2 Å². The summed E-state index contributed by atoms with van der Waals surface area (Å²) in [6.45, 7) is 0.0153. The summed E-state index contributed by atoms with van der Waals surface area (Å²) in [6, 6.07) is 32.6. The van der Waals surface area contributed by atoms with E-state index in [4.69, 9.17) is 0 Å². The second kappa shape index (κ2) is 9.73. The number of hydrogen-bond acceptors (Lipinski definition) is 4. The lowest BCUT2D eigenvalue weighted by Gasteiger charge is -2.25. The lowest BCUT2D eigenvalue weighted by Crippen LogP contribution is -2.09. The fourth-order valence-electron chi connectivity index (χ4n) is 3.41. The van der Waals surface area contributed by atoms with E-state index >= 15 is 0 Å². The lowest BCUT2D eigenvalue weighted by atomic mass is 10.1. The zero-order valence-electron chi connectivity index (χ0n) is 17.3. The molecule has 158 valence electrons. The van der Waals surface area contributed by atoms with Crippen LogP contribution in [0.4, 0.5) is 22.7 Å². The molecule has 4 aromatic carbocycles. The fraction of sp³-hybridized carbons (Fsp3) is 0.0370. The van der Waals surface area contributed by atoms with Crippen molar-refractivity contribution < 1.29 is 10.0 Å². The predicted octanol–water partition coefficient (Wildman–Crippen LogP) is 6.73. The molecule has 0 heterocycles. The quantitative estimate of drug-likeness (QED) is 0.204. The van der Waals surface area contributed by atoms with Crippen LogP contribution in [0.3, 0.4) is 0 Å². The molecule has 0 unspecified atom stereocenters. The molecule has 5 heteroatoms. The molecule has 1 N–H and O–H groups in total. The van der Waals surface area contributed by atoms with E-state index in [0.717, 1.165) is 33.8 Å². The van der Waals surface area contributed by atoms with Crippen LogP contribution in [0.15, 0.2) is 103 Å². The molecule has 0 saturated carbocycles. The van der Waals surface area contributed by atoms with Crippen molar-refractivity contribution in [2.24, 2.45) is 0 Å². The Morgan fingerprint density at radius 2 is 1.16 bits per heavy atom. The minimum absolute atomic E-state index is 0.0153. The standard InChI is InChI=1S/C27H22N2O3/c30-20-23-12-16-26(17-13-23)28(24-4-2-1-3-5-24)25-14-8-21(9-15-25)6-7-22-10-18-27(19-11-22)29(31)32/h1-19,30H,20H2. The number of aliphatic hydroxyl groups excluding tert-OH is 1. The normalized spacial score (nSPS) is 10.9. The van der Waals surface area contributed by atoms with Crippen molar-refractivity contribution >= 4 is 34.9 Å². The summed E-state index contributed by atoms with van der Waals surface area (Å²) in [6.07, 6.45) is 3.91. The van der Waals surface area contributed by atoms with Gasteiger partial charge in [0, 0.05) is 29.2 Å². The number of hydrogen-bond donors (Lipinski definition) is 1. The van der Waals surface area contributed by atoms with Crippen molar-refractivity contribution in [2.75, 3.05) is 4.90 Å². The van der Waals surface area contributed by atoms with Crippen LogP contribution in [-0.2, 0) is 6.61 Å². The van der Waals surface area contributed by atoms with Crippen LogP contribution >= 0.6 is 0 Å². The number of non-ortho nitro benzene ring substituents is 1. The molecule has 0 spiro atoms. The Morgan fingerprint density at radius 1 is 0.688 bits per heavy atom. The highest BCUT2D eigenvalue weighted by Crippen LogP contribution is 2.34. The average molecular weight is 422 g/mol. The monoisotopic (exact) mass is 422 g/mol. The summed E-state index contributed by atoms with van der Waals surface area (Å²) in [5, 5.41) is 20.1. The van der Waals surface area contributed by atoms with E-state index in [0.29, 0.717) is 0 Å². The van der Waals surface area contributed by atoms with Crippen LogP contribution in [-0.4, -0.2) is 10.0 Å². The molecule has 4 rings (SSSR count). The number of para-hydroxylation sites is 1. The largest absolute Gasteiger partial charge is 0.392 e. The summed E-state index contributed by atoms with van der Waals surface area (Å²) in [5.74, 6) is 0. The van der Waals surface area contributed by atoms with E-state index in [1.165, 1.54) is 12.1 Å². The van der Waals surface area contributed by atoms with Gasteiger partial charge in [0.2, 0.25) is 0 Å². The number of nitro benzene ring substituents is 1. The van der Waals surface area contributed by atoms with Crippen molar-refractivity contribution in [3.63, 3.8) is 0 Å². The molecule has 0 aliphatic carbocycles. The predicted molar refractivity (Wildman–Crippen MR) is 129 cm³/mol. The smallest absolute Gasteiger partial charge is 0.269 e. The zero-order valence-corrected chi connectivity index (χ0v) is 17.3. The van der Waals surface area contributed by atoms with Crippen LogP contribution < -0.4 is 4.90 Å². The summed E-state index contributed by atoms with van der Waals surface area (Å²) in [7, 11) is 0. The third-order valence-corrected chi connectivity index (χ3v) is 5.11. The van der Waals surface area contributed by atoms with E-state index in [1.807, 2.05) is 66.7 Å². The van der Waals surface area contributed by atoms with Gasteiger partial charge in [-0.15, -0.1) is 0 Å². The zero-order chi connectivity index (χ0) is 22.3. The van der Waals surface area contributed by atoms with Crippen molar-refractivity contribution in [3.8, 4) is 0 Å². The number of rotatable bonds is 7. The van der Waals surface area contributed by atoms with Gasteiger partial charge in [-0.1, -0.05) is 54.6 Å². The maximum atomic E-state index is 10.8. The molecular weight excluding hydrogens is 400 g/mol. The van der Waals surface area contributed by atoms with Gasteiger partial charge in [-0.3, -0.25) is 10.1 Å². The van der Waals surface area contributed by atoms with Crippen LogP contribution in [0.5, 0.6) is 0 Å². The van der Waals surface area contributed by atoms with Gasteiger partial charge in [-0.25, -0.2) is 0 Å². The molecule has 0 fully saturated rings. The van der Waals surface area contributed by atoms with Crippen LogP contribution in [0, 0.1) is 10.1 Å². The van der Waals surface area contributed by atoms with Crippen LogP contribution in [0.2, 0.25) is 0 Å². The number of anilines is 3. The van der Waals surface area contributed by atoms with E-state index in [-0.39, 0.29) is 12.3 Å². The third-order valence-electron chi connectivity index (χ3n) is 5.11. The maximum absolute atomic E-state index is 10.8. The second-order valence-corrected chi connectivity index (χ2v) is 7.27. The molecule has 0 aliphatic rings. The van der Waals surface area contributed by atoms with Gasteiger partial charge in [0.15, 0.2) is 0 Å². The minimum atomic E-state index is -0.401. The van der Waals surface area contributed by atoms with Crippen molar-refractivity contribution in [1.82, 2.24) is 0 Å². The van der Waals surface area contributed by atoms with Gasteiger partial charge >= 0.3 is 0 Å². The molecule has 0 atom stereocenters. The number of aliphatic hydroxyl groups is 1. The van der Waals surface area contributed by atoms with Gasteiger partial charge in [-0.2, -0.15) is 0 Å². The number of benzene rings is 4. The molecule has 0 bridgehead atoms. The van der Waals surface area contributed by atoms with E-state index in [1.54, 1.807) is 12.1 Å². The molecular formula is C27H22N2O3. The fourth-order valence-corrected chi connectivity index (χ4v) is 3.41.